The second kappa shape index (κ2) is 8.51. The van der Waals surface area contributed by atoms with Crippen molar-refractivity contribution < 1.29 is 24.2 Å². The molecule has 0 unspecified atom stereocenters. The molecule has 22 heavy (non-hydrogen) atoms. The Morgan fingerprint density at radius 2 is 1.95 bits per heavy atom. The number of aliphatic carboxylic acids is 1. The van der Waals surface area contributed by atoms with E-state index in [0.717, 1.165) is 0 Å². The van der Waals surface area contributed by atoms with Gasteiger partial charge in [0.2, 0.25) is 0 Å². The Morgan fingerprint density at radius 3 is 2.45 bits per heavy atom. The molecule has 2 N–H and O–H groups in total. The van der Waals surface area contributed by atoms with Crippen molar-refractivity contribution in [2.24, 2.45) is 0 Å². The Morgan fingerprint density at radius 1 is 1.32 bits per heavy atom. The van der Waals surface area contributed by atoms with Gasteiger partial charge in [-0.05, 0) is 0 Å². The van der Waals surface area contributed by atoms with E-state index < -0.39 is 18.0 Å². The molecule has 1 rings (SSSR count). The van der Waals surface area contributed by atoms with Crippen LogP contribution >= 0.6 is 0 Å². The van der Waals surface area contributed by atoms with Crippen LogP contribution in [0.25, 0.3) is 0 Å². The van der Waals surface area contributed by atoms with Gasteiger partial charge < -0.3 is 25.0 Å². The molecule has 0 aromatic carbocycles. The lowest BCUT2D eigenvalue weighted by atomic mass is 10.2. The molecule has 0 radical (unpaired) electrons. The quantitative estimate of drug-likeness (QED) is 0.512. The summed E-state index contributed by atoms with van der Waals surface area (Å²) in [5.74, 6) is -1.64. The van der Waals surface area contributed by atoms with Gasteiger partial charge in [0.1, 0.15) is 11.6 Å². The van der Waals surface area contributed by atoms with Crippen LogP contribution in [0, 0.1) is 11.3 Å². The van der Waals surface area contributed by atoms with E-state index in [1.807, 2.05) is 0 Å². The minimum atomic E-state index is -1.03. The summed E-state index contributed by atoms with van der Waals surface area (Å²) in [5.41, 5.74) is -0.100. The number of amides is 2. The highest BCUT2D eigenvalue weighted by Crippen LogP contribution is 2.06. The molecule has 0 aliphatic carbocycles. The molecule has 9 heteroatoms. The second-order valence-electron chi connectivity index (χ2n) is 4.55. The predicted octanol–water partition coefficient (Wildman–Crippen LogP) is -0.631. The molecule has 0 bridgehead atoms. The number of carboxylic acids is 1. The summed E-state index contributed by atoms with van der Waals surface area (Å²) in [6.45, 7) is 1.78. The average molecular weight is 310 g/mol. The van der Waals surface area contributed by atoms with E-state index in [0.29, 0.717) is 26.2 Å². The zero-order valence-electron chi connectivity index (χ0n) is 12.2. The normalized spacial score (nSPS) is 15.0. The molecule has 0 saturated carbocycles. The lowest BCUT2D eigenvalue weighted by Gasteiger charge is -2.33. The van der Waals surface area contributed by atoms with E-state index >= 15 is 0 Å². The number of hydrogen-bond acceptors (Lipinski definition) is 6. The van der Waals surface area contributed by atoms with Gasteiger partial charge in [-0.25, -0.2) is 4.79 Å². The van der Waals surface area contributed by atoms with Gasteiger partial charge in [0.15, 0.2) is 0 Å². The number of nitrogens with one attached hydrogen (secondary N) is 1. The number of methoxy groups -OCH3 is 1. The number of carboxylic acid groups (broad SMARTS) is 1. The summed E-state index contributed by atoms with van der Waals surface area (Å²) < 4.78 is 4.62. The first-order valence-electron chi connectivity index (χ1n) is 6.66. The summed E-state index contributed by atoms with van der Waals surface area (Å²) in [6, 6.07) is 1.79. The van der Waals surface area contributed by atoms with E-state index in [4.69, 9.17) is 10.4 Å². The number of carbonyl (C=O) groups excluding carboxylic acids is 2. The van der Waals surface area contributed by atoms with Gasteiger partial charge in [0.05, 0.1) is 13.5 Å². The molecule has 1 saturated heterocycles. The molecule has 0 spiro atoms. The average Bonchev–Trinajstić information content (AvgIpc) is 2.51. The molecular formula is C13H18N4O5. The summed E-state index contributed by atoms with van der Waals surface area (Å²) in [5, 5.41) is 19.9. The largest absolute Gasteiger partial charge is 0.481 e. The molecule has 1 heterocycles. The zero-order chi connectivity index (χ0) is 16.5. The molecule has 0 aromatic heterocycles. The molecule has 9 nitrogen and oxygen atoms in total. The van der Waals surface area contributed by atoms with Gasteiger partial charge in [-0.1, -0.05) is 0 Å². The van der Waals surface area contributed by atoms with Crippen molar-refractivity contribution in [2.75, 3.05) is 39.8 Å². The Balaban J connectivity index is 2.52. The highest BCUT2D eigenvalue weighted by atomic mass is 16.5. The van der Waals surface area contributed by atoms with E-state index in [-0.39, 0.29) is 18.5 Å². The third-order valence-corrected chi connectivity index (χ3v) is 3.05. The molecule has 2 amide bonds. The highest BCUT2D eigenvalue weighted by molar-refractivity contribution is 5.97. The Bertz CT molecular complexity index is 503. The lowest BCUT2D eigenvalue weighted by molar-refractivity contribution is -0.136. The van der Waals surface area contributed by atoms with Crippen LogP contribution in [0.1, 0.15) is 6.42 Å². The number of ether oxygens (including phenoxy) is 1. The van der Waals surface area contributed by atoms with Gasteiger partial charge >= 0.3 is 12.1 Å². The van der Waals surface area contributed by atoms with Gasteiger partial charge in [-0.3, -0.25) is 9.59 Å². The Kier molecular flexibility index (Phi) is 6.69. The van der Waals surface area contributed by atoms with Crippen LogP contribution in [0.15, 0.2) is 11.8 Å². The minimum absolute atomic E-state index is 0.0384. The Labute approximate surface area is 127 Å². The first-order chi connectivity index (χ1) is 10.5. The van der Waals surface area contributed by atoms with Gasteiger partial charge in [-0.2, -0.15) is 5.26 Å². The fraction of sp³-hybridized carbons (Fsp3) is 0.538. The van der Waals surface area contributed by atoms with E-state index in [9.17, 15) is 14.4 Å². The number of nitriles is 1. The van der Waals surface area contributed by atoms with Crippen LogP contribution in [-0.2, 0) is 14.3 Å². The molecule has 1 fully saturated rings. The first kappa shape index (κ1) is 17.3. The molecule has 0 atom stereocenters. The van der Waals surface area contributed by atoms with Crippen molar-refractivity contribution >= 4 is 18.0 Å². The fourth-order valence-electron chi connectivity index (χ4n) is 1.86. The zero-order valence-corrected chi connectivity index (χ0v) is 12.2. The van der Waals surface area contributed by atoms with Crippen molar-refractivity contribution in [3.8, 4) is 6.07 Å². The molecule has 0 aromatic rings. The number of carbonyl (C=O) groups is 3. The van der Waals surface area contributed by atoms with Crippen LogP contribution in [0.2, 0.25) is 0 Å². The molecular weight excluding hydrogens is 292 g/mol. The maximum atomic E-state index is 11.7. The number of rotatable bonds is 5. The number of hydrogen-bond donors (Lipinski definition) is 2. The molecule has 1 aliphatic rings. The van der Waals surface area contributed by atoms with Crippen LogP contribution in [0.4, 0.5) is 4.79 Å². The Hall–Kier alpha value is -2.76. The fourth-order valence-corrected chi connectivity index (χ4v) is 1.86. The SMILES string of the molecule is COC(=O)N1CCN(/C=C(/C#N)C(=O)NCCC(=O)O)CC1. The topological polar surface area (TPSA) is 123 Å². The van der Waals surface area contributed by atoms with Crippen molar-refractivity contribution in [1.29, 1.82) is 5.26 Å². The van der Waals surface area contributed by atoms with E-state index in [1.54, 1.807) is 11.0 Å². The summed E-state index contributed by atoms with van der Waals surface area (Å²) in [7, 11) is 1.31. The first-order valence-corrected chi connectivity index (χ1v) is 6.66. The monoisotopic (exact) mass is 310 g/mol. The maximum absolute atomic E-state index is 11.7. The van der Waals surface area contributed by atoms with Crippen molar-refractivity contribution in [2.45, 2.75) is 6.42 Å². The van der Waals surface area contributed by atoms with E-state index in [1.165, 1.54) is 18.2 Å². The smallest absolute Gasteiger partial charge is 0.409 e. The number of piperazine rings is 1. The van der Waals surface area contributed by atoms with Crippen LogP contribution in [-0.4, -0.2) is 72.7 Å². The molecule has 120 valence electrons. The number of nitrogens with zero attached hydrogens (tertiary/aromatic N) is 3. The molecule has 1 aliphatic heterocycles. The van der Waals surface area contributed by atoms with Gasteiger partial charge in [-0.15, -0.1) is 0 Å². The van der Waals surface area contributed by atoms with Crippen LogP contribution in [0.3, 0.4) is 0 Å². The predicted molar refractivity (Wildman–Crippen MR) is 74.5 cm³/mol. The van der Waals surface area contributed by atoms with Crippen molar-refractivity contribution in [3.05, 3.63) is 11.8 Å². The van der Waals surface area contributed by atoms with Crippen molar-refractivity contribution in [3.63, 3.8) is 0 Å². The highest BCUT2D eigenvalue weighted by Gasteiger charge is 2.21. The maximum Gasteiger partial charge on any atom is 0.409 e. The van der Waals surface area contributed by atoms with Crippen LogP contribution in [0.5, 0.6) is 0 Å². The summed E-state index contributed by atoms with van der Waals surface area (Å²) >= 11 is 0. The van der Waals surface area contributed by atoms with Gasteiger partial charge in [0.25, 0.3) is 5.91 Å². The lowest BCUT2D eigenvalue weighted by Crippen LogP contribution is -2.47. The van der Waals surface area contributed by atoms with Crippen LogP contribution < -0.4 is 5.32 Å². The standard InChI is InChI=1S/C13H18N4O5/c1-22-13(21)17-6-4-16(5-7-17)9-10(8-14)12(20)15-3-2-11(18)19/h9H,2-7H2,1H3,(H,15,20)(H,18,19)/b10-9-. The summed E-state index contributed by atoms with van der Waals surface area (Å²) in [6.07, 6.45) is 0.808. The summed E-state index contributed by atoms with van der Waals surface area (Å²) in [4.78, 5) is 36.7. The minimum Gasteiger partial charge on any atom is -0.481 e. The van der Waals surface area contributed by atoms with Gasteiger partial charge in [0, 0.05) is 38.9 Å². The third-order valence-electron chi connectivity index (χ3n) is 3.05. The van der Waals surface area contributed by atoms with E-state index in [2.05, 4.69) is 10.1 Å². The third kappa shape index (κ3) is 5.32. The van der Waals surface area contributed by atoms with Crippen molar-refractivity contribution in [1.82, 2.24) is 15.1 Å². The second-order valence-corrected chi connectivity index (χ2v) is 4.55.